The van der Waals surface area contributed by atoms with Gasteiger partial charge in [-0.05, 0) is 31.9 Å². The highest BCUT2D eigenvalue weighted by Gasteiger charge is 2.51. The number of sulfone groups is 1. The molecular weight excluding hydrogens is 290 g/mol. The number of carbonyl (C=O) groups excluding carboxylic acids is 1. The van der Waals surface area contributed by atoms with Crippen LogP contribution in [0.2, 0.25) is 0 Å². The summed E-state index contributed by atoms with van der Waals surface area (Å²) in [6.07, 6.45) is 0.379. The zero-order valence-corrected chi connectivity index (χ0v) is 13.4. The summed E-state index contributed by atoms with van der Waals surface area (Å²) in [5.41, 5.74) is 5.46. The fraction of sp³-hybridized carbons (Fsp3) is 0.533. The quantitative estimate of drug-likeness (QED) is 0.853. The minimum atomic E-state index is -3.32. The Labute approximate surface area is 125 Å². The first kappa shape index (κ1) is 16.0. The van der Waals surface area contributed by atoms with Crippen LogP contribution in [0.3, 0.4) is 0 Å². The van der Waals surface area contributed by atoms with Crippen LogP contribution in [0, 0.1) is 0 Å². The second-order valence-corrected chi connectivity index (χ2v) is 8.20. The van der Waals surface area contributed by atoms with E-state index in [0.29, 0.717) is 12.0 Å². The van der Waals surface area contributed by atoms with E-state index < -0.39 is 20.8 Å². The second-order valence-electron chi connectivity index (χ2n) is 6.12. The van der Waals surface area contributed by atoms with Gasteiger partial charge in [-0.25, -0.2) is 8.42 Å². The molecule has 0 aliphatic carbocycles. The van der Waals surface area contributed by atoms with Gasteiger partial charge in [-0.1, -0.05) is 18.2 Å². The van der Waals surface area contributed by atoms with Crippen molar-refractivity contribution < 1.29 is 17.9 Å². The van der Waals surface area contributed by atoms with Crippen molar-refractivity contribution in [3.05, 3.63) is 29.8 Å². The van der Waals surface area contributed by atoms with Gasteiger partial charge in [-0.2, -0.15) is 0 Å². The highest BCUT2D eigenvalue weighted by atomic mass is 32.2. The molecule has 116 valence electrons. The Balaban J connectivity index is 2.71. The standard InChI is InChI=1S/C15H21NO4S/c1-14(2,16)15(10-13(17)20-3)8-9-21(18,19)12-7-5-4-6-11(12)15/h4-7H,8-10,16H2,1-3H3. The topological polar surface area (TPSA) is 86.5 Å². The van der Waals surface area contributed by atoms with Gasteiger partial charge in [-0.15, -0.1) is 0 Å². The van der Waals surface area contributed by atoms with Gasteiger partial charge in [0.1, 0.15) is 0 Å². The maximum atomic E-state index is 12.3. The molecule has 0 saturated carbocycles. The van der Waals surface area contributed by atoms with Crippen molar-refractivity contribution in [1.29, 1.82) is 0 Å². The first-order valence-electron chi connectivity index (χ1n) is 6.82. The SMILES string of the molecule is COC(=O)CC1(C(C)(C)N)CCS(=O)(=O)c2ccccc21. The average molecular weight is 311 g/mol. The fourth-order valence-corrected chi connectivity index (χ4v) is 4.81. The van der Waals surface area contributed by atoms with Gasteiger partial charge in [0, 0.05) is 11.0 Å². The molecule has 6 heteroatoms. The van der Waals surface area contributed by atoms with Crippen LogP contribution in [-0.2, 0) is 24.8 Å². The average Bonchev–Trinajstić information content (AvgIpc) is 2.41. The summed E-state index contributed by atoms with van der Waals surface area (Å²) in [7, 11) is -2.00. The molecule has 0 bridgehead atoms. The van der Waals surface area contributed by atoms with Crippen molar-refractivity contribution in [3.8, 4) is 0 Å². The molecule has 1 aliphatic rings. The number of fused-ring (bicyclic) bond motifs is 1. The lowest BCUT2D eigenvalue weighted by Crippen LogP contribution is -2.57. The maximum absolute atomic E-state index is 12.3. The normalized spacial score (nSPS) is 24.2. The molecule has 0 radical (unpaired) electrons. The number of methoxy groups -OCH3 is 1. The Morgan fingerprint density at radius 2 is 2.00 bits per heavy atom. The summed E-state index contributed by atoms with van der Waals surface area (Å²) in [5, 5.41) is 0. The first-order chi connectivity index (χ1) is 9.64. The summed E-state index contributed by atoms with van der Waals surface area (Å²) < 4.78 is 29.4. The monoisotopic (exact) mass is 311 g/mol. The van der Waals surface area contributed by atoms with Crippen LogP contribution in [0.4, 0.5) is 0 Å². The lowest BCUT2D eigenvalue weighted by atomic mass is 9.63. The molecule has 2 rings (SSSR count). The van der Waals surface area contributed by atoms with Gasteiger partial charge in [0.05, 0.1) is 24.2 Å². The number of carbonyl (C=O) groups is 1. The predicted octanol–water partition coefficient (Wildman–Crippen LogP) is 1.40. The molecule has 1 aliphatic heterocycles. The van der Waals surface area contributed by atoms with Crippen LogP contribution in [0.1, 0.15) is 32.3 Å². The fourth-order valence-electron chi connectivity index (χ4n) is 3.09. The van der Waals surface area contributed by atoms with E-state index in [1.165, 1.54) is 7.11 Å². The van der Waals surface area contributed by atoms with Gasteiger partial charge in [0.15, 0.2) is 9.84 Å². The van der Waals surface area contributed by atoms with E-state index in [1.54, 1.807) is 24.3 Å². The largest absolute Gasteiger partial charge is 0.469 e. The molecule has 0 spiro atoms. The van der Waals surface area contributed by atoms with E-state index in [1.807, 2.05) is 13.8 Å². The number of hydrogen-bond acceptors (Lipinski definition) is 5. The van der Waals surface area contributed by atoms with Crippen molar-refractivity contribution in [3.63, 3.8) is 0 Å². The van der Waals surface area contributed by atoms with E-state index in [0.717, 1.165) is 0 Å². The van der Waals surface area contributed by atoms with Crippen LogP contribution in [0.5, 0.6) is 0 Å². The smallest absolute Gasteiger partial charge is 0.306 e. The molecule has 0 aromatic heterocycles. The van der Waals surface area contributed by atoms with Gasteiger partial charge in [-0.3, -0.25) is 4.79 Å². The van der Waals surface area contributed by atoms with Crippen molar-refractivity contribution in [2.45, 2.75) is 42.5 Å². The molecule has 2 N–H and O–H groups in total. The van der Waals surface area contributed by atoms with E-state index in [-0.39, 0.29) is 23.0 Å². The summed E-state index contributed by atoms with van der Waals surface area (Å²) >= 11 is 0. The summed E-state index contributed by atoms with van der Waals surface area (Å²) in [5.74, 6) is -0.399. The van der Waals surface area contributed by atoms with E-state index in [9.17, 15) is 13.2 Å². The predicted molar refractivity (Wildman–Crippen MR) is 79.7 cm³/mol. The van der Waals surface area contributed by atoms with Gasteiger partial charge >= 0.3 is 5.97 Å². The van der Waals surface area contributed by atoms with Crippen LogP contribution in [0.15, 0.2) is 29.2 Å². The molecule has 1 aromatic carbocycles. The van der Waals surface area contributed by atoms with Gasteiger partial charge in [0.2, 0.25) is 0 Å². The third kappa shape index (κ3) is 2.58. The molecule has 0 fully saturated rings. The van der Waals surface area contributed by atoms with E-state index in [4.69, 9.17) is 10.5 Å². The lowest BCUT2D eigenvalue weighted by Gasteiger charge is -2.47. The lowest BCUT2D eigenvalue weighted by molar-refractivity contribution is -0.143. The van der Waals surface area contributed by atoms with Crippen molar-refractivity contribution in [2.24, 2.45) is 5.73 Å². The first-order valence-corrected chi connectivity index (χ1v) is 8.47. The summed E-state index contributed by atoms with van der Waals surface area (Å²) in [4.78, 5) is 12.2. The van der Waals surface area contributed by atoms with Gasteiger partial charge in [0.25, 0.3) is 0 Å². The number of rotatable bonds is 3. The molecule has 0 saturated heterocycles. The molecule has 0 amide bonds. The van der Waals surface area contributed by atoms with Crippen LogP contribution in [-0.4, -0.2) is 32.8 Å². The minimum absolute atomic E-state index is 0.0123. The number of nitrogens with two attached hydrogens (primary N) is 1. The highest BCUT2D eigenvalue weighted by molar-refractivity contribution is 7.91. The number of hydrogen-bond donors (Lipinski definition) is 1. The maximum Gasteiger partial charge on any atom is 0.306 e. The van der Waals surface area contributed by atoms with E-state index >= 15 is 0 Å². The zero-order chi connectivity index (χ0) is 15.9. The number of benzene rings is 1. The number of esters is 1. The third-order valence-electron chi connectivity index (χ3n) is 4.44. The Morgan fingerprint density at radius 1 is 1.38 bits per heavy atom. The molecular formula is C15H21NO4S. The minimum Gasteiger partial charge on any atom is -0.469 e. The Bertz CT molecular complexity index is 660. The Morgan fingerprint density at radius 3 is 2.57 bits per heavy atom. The molecule has 1 aromatic rings. The molecule has 1 atom stereocenters. The second kappa shape index (κ2) is 5.10. The summed E-state index contributed by atoms with van der Waals surface area (Å²) in [6, 6.07) is 6.80. The Hall–Kier alpha value is -1.40. The van der Waals surface area contributed by atoms with E-state index in [2.05, 4.69) is 0 Å². The zero-order valence-electron chi connectivity index (χ0n) is 12.5. The molecule has 1 heterocycles. The van der Waals surface area contributed by atoms with Gasteiger partial charge < -0.3 is 10.5 Å². The summed E-state index contributed by atoms with van der Waals surface area (Å²) in [6.45, 7) is 3.65. The van der Waals surface area contributed by atoms with Crippen LogP contribution >= 0.6 is 0 Å². The third-order valence-corrected chi connectivity index (χ3v) is 6.21. The van der Waals surface area contributed by atoms with Crippen LogP contribution in [0.25, 0.3) is 0 Å². The molecule has 5 nitrogen and oxygen atoms in total. The number of ether oxygens (including phenoxy) is 1. The van der Waals surface area contributed by atoms with Crippen LogP contribution < -0.4 is 5.73 Å². The van der Waals surface area contributed by atoms with Crippen molar-refractivity contribution in [2.75, 3.05) is 12.9 Å². The Kier molecular flexibility index (Phi) is 3.88. The van der Waals surface area contributed by atoms with Crippen molar-refractivity contribution >= 4 is 15.8 Å². The van der Waals surface area contributed by atoms with Crippen molar-refractivity contribution in [1.82, 2.24) is 0 Å². The molecule has 1 unspecified atom stereocenters. The highest BCUT2D eigenvalue weighted by Crippen LogP contribution is 2.47. The molecule has 21 heavy (non-hydrogen) atoms.